The predicted octanol–water partition coefficient (Wildman–Crippen LogP) is 1.53. The maximum Gasteiger partial charge on any atom is 0.459 e. The number of nitrogens with two attached hydrogens (primary N) is 1. The molecule has 4 unspecified atom stereocenters. The maximum absolute atomic E-state index is 14.1. The first-order chi connectivity index (χ1) is 19.8. The number of hydrogen-bond acceptors (Lipinski definition) is 9. The molecule has 0 bridgehead atoms. The molecule has 2 heterocycles. The summed E-state index contributed by atoms with van der Waals surface area (Å²) in [6.45, 7) is 6.90. The van der Waals surface area contributed by atoms with E-state index in [1.807, 2.05) is 39.0 Å². The molecule has 12 nitrogen and oxygen atoms in total. The molecular formula is C29H39N3O9P+. The Morgan fingerprint density at radius 3 is 2.60 bits per heavy atom. The molecule has 0 aromatic heterocycles. The van der Waals surface area contributed by atoms with Crippen LogP contribution in [-0.4, -0.2) is 65.9 Å². The van der Waals surface area contributed by atoms with Crippen LogP contribution >= 0.6 is 7.75 Å². The van der Waals surface area contributed by atoms with Gasteiger partial charge < -0.3 is 29.9 Å². The van der Waals surface area contributed by atoms with E-state index in [2.05, 4.69) is 5.09 Å². The second-order valence-electron chi connectivity index (χ2n) is 11.6. The van der Waals surface area contributed by atoms with Crippen molar-refractivity contribution >= 4 is 30.4 Å². The standard InChI is InChI=1S/C29H38N3O9P/c1-18(28(36)38-17-29(2,3)4)31-42(37,41-22-13-7-10-19-9-5-6-12-21(19)22)39-16-23-24(33)25(34)27(40-23)32-14-8-11-20(15-32)26(30)35/h5-10,12-15,18,23-25,27,33-34H,11,16-17H2,1-4H3,(H2,30,35)(H,31,37)/p+1/t18?,23?,24-,25-,27-,42?/m1/s1. The molecule has 0 spiro atoms. The van der Waals surface area contributed by atoms with Gasteiger partial charge in [0, 0.05) is 11.8 Å². The summed E-state index contributed by atoms with van der Waals surface area (Å²) in [5.41, 5.74) is 5.46. The minimum atomic E-state index is -4.31. The third-order valence-corrected chi connectivity index (χ3v) is 8.36. The number of esters is 1. The molecule has 2 aliphatic rings. The Morgan fingerprint density at radius 1 is 1.17 bits per heavy atom. The molecule has 2 aliphatic heterocycles. The minimum absolute atomic E-state index is 0.147. The number of aliphatic hydroxyl groups is 2. The van der Waals surface area contributed by atoms with Crippen molar-refractivity contribution in [1.29, 1.82) is 0 Å². The number of nitrogens with one attached hydrogen (secondary N) is 2. The Hall–Kier alpha value is -3.09. The number of quaternary nitrogens is 1. The Balaban J connectivity index is 1.53. The summed E-state index contributed by atoms with van der Waals surface area (Å²) in [5, 5.41) is 25.6. The van der Waals surface area contributed by atoms with E-state index in [1.165, 1.54) is 13.1 Å². The molecule has 13 heteroatoms. The first-order valence-corrected chi connectivity index (χ1v) is 15.2. The van der Waals surface area contributed by atoms with Crippen molar-refractivity contribution in [3.8, 4) is 5.75 Å². The first kappa shape index (κ1) is 31.8. The van der Waals surface area contributed by atoms with Gasteiger partial charge in [-0.2, -0.15) is 5.09 Å². The molecule has 2 aromatic carbocycles. The van der Waals surface area contributed by atoms with Crippen LogP contribution in [0.5, 0.6) is 5.75 Å². The highest BCUT2D eigenvalue weighted by Crippen LogP contribution is 2.47. The number of aliphatic hydroxyl groups excluding tert-OH is 2. The monoisotopic (exact) mass is 604 g/mol. The number of primary amides is 1. The number of benzene rings is 2. The van der Waals surface area contributed by atoms with E-state index < -0.39 is 56.8 Å². The number of carbonyl (C=O) groups is 2. The molecule has 0 saturated carbocycles. The van der Waals surface area contributed by atoms with Crippen molar-refractivity contribution in [2.24, 2.45) is 11.1 Å². The fraction of sp³-hybridized carbons (Fsp3) is 0.448. The van der Waals surface area contributed by atoms with Crippen LogP contribution in [0.25, 0.3) is 10.8 Å². The SMILES string of the molecule is CC(NP(=O)(OCC1O[C@@H]([NH+]2C=CCC(C(N)=O)=C2)[C@H](O)[C@@H]1O)Oc1cccc2ccccc12)C(=O)OCC(C)(C)C. The summed E-state index contributed by atoms with van der Waals surface area (Å²) in [5.74, 6) is -1.00. The Kier molecular flexibility index (Phi) is 9.89. The van der Waals surface area contributed by atoms with Gasteiger partial charge in [-0.3, -0.25) is 19.0 Å². The van der Waals surface area contributed by atoms with E-state index in [-0.39, 0.29) is 17.8 Å². The van der Waals surface area contributed by atoms with E-state index in [9.17, 15) is 24.4 Å². The van der Waals surface area contributed by atoms with Crippen LogP contribution in [0.3, 0.4) is 0 Å². The van der Waals surface area contributed by atoms with Crippen molar-refractivity contribution in [3.05, 3.63) is 66.5 Å². The highest BCUT2D eigenvalue weighted by Gasteiger charge is 2.49. The van der Waals surface area contributed by atoms with Crippen LogP contribution in [0.4, 0.5) is 0 Å². The van der Waals surface area contributed by atoms with Crippen LogP contribution < -0.4 is 20.2 Å². The highest BCUT2D eigenvalue weighted by molar-refractivity contribution is 7.52. The Bertz CT molecular complexity index is 1400. The van der Waals surface area contributed by atoms with Gasteiger partial charge in [0.1, 0.15) is 30.2 Å². The van der Waals surface area contributed by atoms with Crippen molar-refractivity contribution in [2.75, 3.05) is 13.2 Å². The van der Waals surface area contributed by atoms with Crippen LogP contribution in [0.1, 0.15) is 34.1 Å². The molecule has 4 rings (SSSR count). The number of rotatable bonds is 11. The molecule has 1 amide bonds. The fourth-order valence-corrected chi connectivity index (χ4v) is 6.03. The molecule has 0 radical (unpaired) electrons. The van der Waals surface area contributed by atoms with Gasteiger partial charge in [0.05, 0.1) is 25.0 Å². The maximum atomic E-state index is 14.1. The largest absolute Gasteiger partial charge is 0.464 e. The van der Waals surface area contributed by atoms with Crippen molar-refractivity contribution in [1.82, 2.24) is 5.09 Å². The van der Waals surface area contributed by atoms with Crippen molar-refractivity contribution in [2.45, 2.75) is 64.7 Å². The second-order valence-corrected chi connectivity index (χ2v) is 13.3. The fourth-order valence-electron chi connectivity index (χ4n) is 4.51. The minimum Gasteiger partial charge on any atom is -0.464 e. The van der Waals surface area contributed by atoms with E-state index in [4.69, 9.17) is 24.3 Å². The van der Waals surface area contributed by atoms with Gasteiger partial charge in [-0.25, -0.2) is 4.57 Å². The van der Waals surface area contributed by atoms with Crippen LogP contribution in [0.2, 0.25) is 0 Å². The molecule has 1 saturated heterocycles. The van der Waals surface area contributed by atoms with Crippen LogP contribution in [-0.2, 0) is 28.2 Å². The van der Waals surface area contributed by atoms with Crippen molar-refractivity contribution < 1.29 is 47.8 Å². The number of allylic oxidation sites excluding steroid dienone is 1. The molecular weight excluding hydrogens is 565 g/mol. The Morgan fingerprint density at radius 2 is 1.88 bits per heavy atom. The van der Waals surface area contributed by atoms with Gasteiger partial charge in [0.2, 0.25) is 12.1 Å². The number of fused-ring (bicyclic) bond motifs is 1. The van der Waals surface area contributed by atoms with E-state index in [0.717, 1.165) is 5.39 Å². The Labute approximate surface area is 244 Å². The smallest absolute Gasteiger partial charge is 0.459 e. The van der Waals surface area contributed by atoms with Gasteiger partial charge in [0.25, 0.3) is 0 Å². The summed E-state index contributed by atoms with van der Waals surface area (Å²) >= 11 is 0. The summed E-state index contributed by atoms with van der Waals surface area (Å²) < 4.78 is 37.1. The zero-order chi connectivity index (χ0) is 30.7. The molecule has 7 atom stereocenters. The summed E-state index contributed by atoms with van der Waals surface area (Å²) in [6.07, 6.45) is 0.364. The van der Waals surface area contributed by atoms with Gasteiger partial charge in [0.15, 0.2) is 6.10 Å². The number of carbonyl (C=O) groups excluding carboxylic acids is 2. The summed E-state index contributed by atoms with van der Waals surface area (Å²) in [4.78, 5) is 24.8. The van der Waals surface area contributed by atoms with E-state index in [0.29, 0.717) is 22.3 Å². The van der Waals surface area contributed by atoms with Gasteiger partial charge in [-0.05, 0) is 29.9 Å². The lowest BCUT2D eigenvalue weighted by Gasteiger charge is -2.26. The lowest BCUT2D eigenvalue weighted by Crippen LogP contribution is -3.09. The summed E-state index contributed by atoms with van der Waals surface area (Å²) in [7, 11) is -4.31. The van der Waals surface area contributed by atoms with Crippen molar-refractivity contribution in [3.63, 3.8) is 0 Å². The lowest BCUT2D eigenvalue weighted by atomic mass is 9.99. The van der Waals surface area contributed by atoms with Crippen LogP contribution in [0, 0.1) is 5.41 Å². The topological polar surface area (TPSA) is 171 Å². The predicted molar refractivity (Wildman–Crippen MR) is 154 cm³/mol. The zero-order valence-corrected chi connectivity index (χ0v) is 25.0. The molecule has 2 aromatic rings. The second kappa shape index (κ2) is 13.0. The quantitative estimate of drug-likeness (QED) is 0.187. The normalized spacial score (nSPS) is 26.3. The average molecular weight is 605 g/mol. The average Bonchev–Trinajstić information content (AvgIpc) is 3.23. The molecule has 6 N–H and O–H groups in total. The third kappa shape index (κ3) is 7.84. The molecule has 42 heavy (non-hydrogen) atoms. The highest BCUT2D eigenvalue weighted by atomic mass is 31.2. The van der Waals surface area contributed by atoms with E-state index >= 15 is 0 Å². The zero-order valence-electron chi connectivity index (χ0n) is 24.1. The molecule has 0 aliphatic carbocycles. The van der Waals surface area contributed by atoms with Gasteiger partial charge in [-0.15, -0.1) is 0 Å². The summed E-state index contributed by atoms with van der Waals surface area (Å²) in [6, 6.07) is 11.5. The number of amides is 1. The van der Waals surface area contributed by atoms with Crippen LogP contribution in [0.15, 0.2) is 66.5 Å². The van der Waals surface area contributed by atoms with E-state index in [1.54, 1.807) is 36.5 Å². The third-order valence-electron chi connectivity index (χ3n) is 6.73. The van der Waals surface area contributed by atoms with Gasteiger partial charge >= 0.3 is 13.7 Å². The number of ether oxygens (including phenoxy) is 2. The lowest BCUT2D eigenvalue weighted by molar-refractivity contribution is -0.853. The molecule has 1 fully saturated rings. The number of hydrogen-bond donors (Lipinski definition) is 5. The molecule has 228 valence electrons. The van der Waals surface area contributed by atoms with Gasteiger partial charge in [-0.1, -0.05) is 57.2 Å². The first-order valence-electron chi connectivity index (χ1n) is 13.7.